The zero-order valence-corrected chi connectivity index (χ0v) is 16.4. The van der Waals surface area contributed by atoms with Gasteiger partial charge in [0.05, 0.1) is 30.4 Å². The molecule has 0 aromatic heterocycles. The highest BCUT2D eigenvalue weighted by Crippen LogP contribution is 2.47. The number of Topliss-reactive ketones (excluding diaryl/α,β-unsaturated/α-hetero) is 1. The van der Waals surface area contributed by atoms with Crippen LogP contribution in [0.3, 0.4) is 0 Å². The Labute approximate surface area is 173 Å². The number of halogens is 1. The van der Waals surface area contributed by atoms with Crippen molar-refractivity contribution >= 4 is 11.5 Å². The number of rotatable bonds is 3. The lowest BCUT2D eigenvalue weighted by molar-refractivity contribution is -0.116. The van der Waals surface area contributed by atoms with E-state index >= 15 is 0 Å². The first-order chi connectivity index (χ1) is 14.5. The Kier molecular flexibility index (Phi) is 4.92. The molecule has 6 nitrogen and oxygen atoms in total. The van der Waals surface area contributed by atoms with E-state index < -0.39 is 11.7 Å². The predicted molar refractivity (Wildman–Crippen MR) is 109 cm³/mol. The molecule has 0 saturated carbocycles. The molecule has 1 atom stereocenters. The molecule has 0 saturated heterocycles. The smallest absolute Gasteiger partial charge is 0.161 e. The van der Waals surface area contributed by atoms with Crippen LogP contribution in [0.15, 0.2) is 65.1 Å². The van der Waals surface area contributed by atoms with Gasteiger partial charge in [-0.15, -0.1) is 0 Å². The van der Waals surface area contributed by atoms with Gasteiger partial charge >= 0.3 is 0 Å². The summed E-state index contributed by atoms with van der Waals surface area (Å²) in [5, 5.41) is 19.9. The van der Waals surface area contributed by atoms with Crippen LogP contribution in [0.2, 0.25) is 0 Å². The molecule has 7 heteroatoms. The average Bonchev–Trinajstić information content (AvgIpc) is 2.73. The van der Waals surface area contributed by atoms with E-state index in [1.54, 1.807) is 29.2 Å². The Hall–Kier alpha value is -3.79. The lowest BCUT2D eigenvalue weighted by atomic mass is 9.75. The molecule has 2 aliphatic rings. The molecule has 0 spiro atoms. The average molecular weight is 405 g/mol. The van der Waals surface area contributed by atoms with E-state index in [9.17, 15) is 19.6 Å². The quantitative estimate of drug-likeness (QED) is 0.805. The second kappa shape index (κ2) is 7.56. The number of nitriles is 1. The van der Waals surface area contributed by atoms with Crippen LogP contribution in [0.4, 0.5) is 10.1 Å². The Bertz CT molecular complexity index is 1150. The zero-order chi connectivity index (χ0) is 21.4. The van der Waals surface area contributed by atoms with Gasteiger partial charge in [-0.05, 0) is 48.7 Å². The molecular weight excluding hydrogens is 385 g/mol. The van der Waals surface area contributed by atoms with Crippen molar-refractivity contribution < 1.29 is 19.0 Å². The maximum absolute atomic E-state index is 13.9. The first kappa shape index (κ1) is 19.5. The summed E-state index contributed by atoms with van der Waals surface area (Å²) in [6.45, 7) is 0. The summed E-state index contributed by atoms with van der Waals surface area (Å²) in [4.78, 5) is 14.6. The van der Waals surface area contributed by atoms with E-state index in [1.165, 1.54) is 25.3 Å². The van der Waals surface area contributed by atoms with Crippen molar-refractivity contribution in [2.24, 2.45) is 5.73 Å². The first-order valence-corrected chi connectivity index (χ1v) is 9.54. The van der Waals surface area contributed by atoms with Crippen LogP contribution in [0.5, 0.6) is 11.5 Å². The third kappa shape index (κ3) is 3.07. The van der Waals surface area contributed by atoms with Gasteiger partial charge in [0.1, 0.15) is 11.6 Å². The van der Waals surface area contributed by atoms with Crippen molar-refractivity contribution in [1.82, 2.24) is 0 Å². The summed E-state index contributed by atoms with van der Waals surface area (Å²) in [5.74, 6) is -0.839. The number of carbonyl (C=O) groups is 1. The Morgan fingerprint density at radius 2 is 2.07 bits per heavy atom. The molecule has 0 amide bonds. The first-order valence-electron chi connectivity index (χ1n) is 9.54. The second-order valence-electron chi connectivity index (χ2n) is 7.23. The van der Waals surface area contributed by atoms with Crippen molar-refractivity contribution in [2.45, 2.75) is 25.2 Å². The molecule has 3 N–H and O–H groups in total. The molecule has 0 radical (unpaired) electrons. The number of aromatic hydroxyl groups is 1. The number of carbonyl (C=O) groups excluding carboxylic acids is 1. The van der Waals surface area contributed by atoms with Crippen molar-refractivity contribution in [1.29, 1.82) is 5.26 Å². The fourth-order valence-electron chi connectivity index (χ4n) is 4.20. The number of benzene rings is 2. The van der Waals surface area contributed by atoms with Gasteiger partial charge in [0.25, 0.3) is 0 Å². The molecular formula is C23H20FN3O3. The van der Waals surface area contributed by atoms with Crippen LogP contribution in [0.25, 0.3) is 0 Å². The largest absolute Gasteiger partial charge is 0.504 e. The van der Waals surface area contributed by atoms with Crippen LogP contribution in [-0.2, 0) is 4.79 Å². The van der Waals surface area contributed by atoms with E-state index in [0.717, 1.165) is 0 Å². The van der Waals surface area contributed by atoms with Crippen molar-refractivity contribution in [3.8, 4) is 17.6 Å². The molecule has 1 aliphatic carbocycles. The van der Waals surface area contributed by atoms with E-state index in [2.05, 4.69) is 6.07 Å². The molecule has 2 aromatic carbocycles. The number of methoxy groups -OCH3 is 1. The summed E-state index contributed by atoms with van der Waals surface area (Å²) < 4.78 is 19.1. The van der Waals surface area contributed by atoms with E-state index in [1.807, 2.05) is 0 Å². The number of nitrogens with two attached hydrogens (primary N) is 1. The maximum Gasteiger partial charge on any atom is 0.161 e. The Morgan fingerprint density at radius 3 is 2.77 bits per heavy atom. The summed E-state index contributed by atoms with van der Waals surface area (Å²) in [7, 11) is 1.43. The van der Waals surface area contributed by atoms with Crippen LogP contribution in [0.1, 0.15) is 30.7 Å². The number of phenols is 1. The summed E-state index contributed by atoms with van der Waals surface area (Å²) in [6.07, 6.45) is 1.58. The van der Waals surface area contributed by atoms with E-state index in [-0.39, 0.29) is 28.7 Å². The molecule has 1 aliphatic heterocycles. The number of phenolic OH excluding ortho intramolecular Hbond substituents is 1. The molecule has 1 unspecified atom stereocenters. The van der Waals surface area contributed by atoms with Gasteiger partial charge < -0.3 is 15.6 Å². The number of hydrogen-bond donors (Lipinski definition) is 2. The number of anilines is 1. The second-order valence-corrected chi connectivity index (χ2v) is 7.23. The van der Waals surface area contributed by atoms with Gasteiger partial charge in [-0.25, -0.2) is 4.39 Å². The normalized spacial score (nSPS) is 18.9. The van der Waals surface area contributed by atoms with Crippen LogP contribution in [0, 0.1) is 17.1 Å². The van der Waals surface area contributed by atoms with Gasteiger partial charge in [0, 0.05) is 17.7 Å². The van der Waals surface area contributed by atoms with Gasteiger partial charge in [-0.3, -0.25) is 9.69 Å². The Morgan fingerprint density at radius 1 is 1.27 bits per heavy atom. The standard InChI is InChI=1S/C23H20FN3O3/c1-30-20-10-13(8-9-18(20)28)21-16(12-25)23(26)27(15-5-2-4-14(24)11-15)17-6-3-7-19(29)22(17)21/h2,4-5,8-11,21,28H,3,6-7,26H2,1H3. The number of nitrogens with zero attached hydrogens (tertiary/aromatic N) is 2. The lowest BCUT2D eigenvalue weighted by Crippen LogP contribution is -2.38. The minimum absolute atomic E-state index is 0.0434. The van der Waals surface area contributed by atoms with Crippen LogP contribution >= 0.6 is 0 Å². The molecule has 0 bridgehead atoms. The number of allylic oxidation sites excluding steroid dienone is 3. The highest BCUT2D eigenvalue weighted by molar-refractivity contribution is 6.01. The molecule has 30 heavy (non-hydrogen) atoms. The third-order valence-electron chi connectivity index (χ3n) is 5.52. The SMILES string of the molecule is COc1cc(C2C(C#N)=C(N)N(c3cccc(F)c3)C3=C2C(=O)CCC3)ccc1O. The number of ether oxygens (including phenoxy) is 1. The van der Waals surface area contributed by atoms with E-state index in [0.29, 0.717) is 41.8 Å². The van der Waals surface area contributed by atoms with Crippen LogP contribution in [-0.4, -0.2) is 18.0 Å². The summed E-state index contributed by atoms with van der Waals surface area (Å²) >= 11 is 0. The highest BCUT2D eigenvalue weighted by Gasteiger charge is 2.40. The van der Waals surface area contributed by atoms with Gasteiger partial charge in [0.2, 0.25) is 0 Å². The van der Waals surface area contributed by atoms with Gasteiger partial charge in [-0.2, -0.15) is 5.26 Å². The minimum Gasteiger partial charge on any atom is -0.504 e. The Balaban J connectivity index is 1.97. The molecule has 152 valence electrons. The summed E-state index contributed by atoms with van der Waals surface area (Å²) in [5.41, 5.74) is 8.85. The fourth-order valence-corrected chi connectivity index (χ4v) is 4.20. The monoisotopic (exact) mass is 405 g/mol. The fraction of sp³-hybridized carbons (Fsp3) is 0.217. The van der Waals surface area contributed by atoms with E-state index in [4.69, 9.17) is 10.5 Å². The molecule has 0 fully saturated rings. The molecule has 2 aromatic rings. The number of hydrogen-bond acceptors (Lipinski definition) is 6. The van der Waals surface area contributed by atoms with Crippen molar-refractivity contribution in [3.05, 3.63) is 76.5 Å². The predicted octanol–water partition coefficient (Wildman–Crippen LogP) is 3.84. The third-order valence-corrected chi connectivity index (χ3v) is 5.52. The topological polar surface area (TPSA) is 99.6 Å². The molecule has 1 heterocycles. The highest BCUT2D eigenvalue weighted by atomic mass is 19.1. The van der Waals surface area contributed by atoms with Crippen molar-refractivity contribution in [2.75, 3.05) is 12.0 Å². The summed E-state index contributed by atoms with van der Waals surface area (Å²) in [6, 6.07) is 12.8. The lowest BCUT2D eigenvalue weighted by Gasteiger charge is -2.39. The molecule has 4 rings (SSSR count). The minimum atomic E-state index is -0.683. The van der Waals surface area contributed by atoms with Crippen molar-refractivity contribution in [3.63, 3.8) is 0 Å². The van der Waals surface area contributed by atoms with Crippen LogP contribution < -0.4 is 15.4 Å². The maximum atomic E-state index is 13.9. The number of ketones is 1. The zero-order valence-electron chi connectivity index (χ0n) is 16.4. The van der Waals surface area contributed by atoms with Gasteiger partial charge in [0.15, 0.2) is 17.3 Å². The van der Waals surface area contributed by atoms with Gasteiger partial charge in [-0.1, -0.05) is 12.1 Å².